The number of piperazine rings is 1. The maximum Gasteiger partial charge on any atom is 0.228 e. The van der Waals surface area contributed by atoms with Crippen LogP contribution in [0.1, 0.15) is 24.5 Å². The molecule has 6 nitrogen and oxygen atoms in total. The van der Waals surface area contributed by atoms with Crippen molar-refractivity contribution in [2.24, 2.45) is 5.92 Å². The van der Waals surface area contributed by atoms with Crippen molar-refractivity contribution in [2.75, 3.05) is 33.3 Å². The molecule has 0 saturated carbocycles. The lowest BCUT2D eigenvalue weighted by Crippen LogP contribution is -2.55. The molecule has 2 fully saturated rings. The third-order valence-corrected chi connectivity index (χ3v) is 6.34. The maximum atomic E-state index is 13.2. The lowest BCUT2D eigenvalue weighted by Gasteiger charge is -2.41. The van der Waals surface area contributed by atoms with E-state index in [0.717, 1.165) is 37.5 Å². The van der Waals surface area contributed by atoms with Crippen LogP contribution in [-0.2, 0) is 22.7 Å². The first-order valence-corrected chi connectivity index (χ1v) is 11.0. The van der Waals surface area contributed by atoms with Crippen LogP contribution in [0, 0.1) is 5.92 Å². The minimum atomic E-state index is -0.242. The Kier molecular flexibility index (Phi) is 6.56. The normalized spacial score (nSPS) is 22.1. The van der Waals surface area contributed by atoms with Crippen LogP contribution < -0.4 is 4.74 Å². The lowest BCUT2D eigenvalue weighted by molar-refractivity contribution is -0.140. The van der Waals surface area contributed by atoms with E-state index in [1.54, 1.807) is 12.0 Å². The predicted molar refractivity (Wildman–Crippen MR) is 119 cm³/mol. The van der Waals surface area contributed by atoms with Crippen LogP contribution in [0.25, 0.3) is 0 Å². The molecule has 4 rings (SSSR count). The zero-order chi connectivity index (χ0) is 21.8. The van der Waals surface area contributed by atoms with Crippen molar-refractivity contribution in [1.29, 1.82) is 0 Å². The molecule has 6 heteroatoms. The summed E-state index contributed by atoms with van der Waals surface area (Å²) in [6.07, 6.45) is 0.311. The maximum absolute atomic E-state index is 13.2. The van der Waals surface area contributed by atoms with Crippen LogP contribution in [0.2, 0.25) is 0 Å². The quantitative estimate of drug-likeness (QED) is 0.720. The van der Waals surface area contributed by atoms with Gasteiger partial charge in [0.2, 0.25) is 11.8 Å². The van der Waals surface area contributed by atoms with Crippen LogP contribution in [0.15, 0.2) is 54.6 Å². The van der Waals surface area contributed by atoms with E-state index in [1.807, 2.05) is 35.2 Å². The highest BCUT2D eigenvalue weighted by atomic mass is 16.5. The van der Waals surface area contributed by atoms with Gasteiger partial charge in [-0.1, -0.05) is 42.5 Å². The number of amides is 2. The van der Waals surface area contributed by atoms with E-state index in [1.165, 1.54) is 5.56 Å². The van der Waals surface area contributed by atoms with Gasteiger partial charge in [-0.15, -0.1) is 0 Å². The van der Waals surface area contributed by atoms with Crippen LogP contribution in [0.3, 0.4) is 0 Å². The van der Waals surface area contributed by atoms with Crippen LogP contribution in [0.4, 0.5) is 0 Å². The number of benzene rings is 2. The molecule has 164 valence electrons. The highest BCUT2D eigenvalue weighted by Crippen LogP contribution is 2.25. The average molecular weight is 422 g/mol. The van der Waals surface area contributed by atoms with Crippen molar-refractivity contribution in [2.45, 2.75) is 32.5 Å². The topological polar surface area (TPSA) is 53.1 Å². The summed E-state index contributed by atoms with van der Waals surface area (Å²) in [7, 11) is 1.64. The minimum Gasteiger partial charge on any atom is -0.497 e. The van der Waals surface area contributed by atoms with Crippen LogP contribution >= 0.6 is 0 Å². The lowest BCUT2D eigenvalue weighted by atomic mass is 10.0. The first-order chi connectivity index (χ1) is 15.0. The van der Waals surface area contributed by atoms with E-state index in [9.17, 15) is 9.59 Å². The van der Waals surface area contributed by atoms with Crippen LogP contribution in [0.5, 0.6) is 5.75 Å². The molecular formula is C25H31N3O3. The molecule has 2 heterocycles. The fourth-order valence-electron chi connectivity index (χ4n) is 4.62. The van der Waals surface area contributed by atoms with Crippen molar-refractivity contribution in [3.05, 3.63) is 65.7 Å². The molecule has 2 aliphatic rings. The zero-order valence-electron chi connectivity index (χ0n) is 18.4. The third kappa shape index (κ3) is 5.07. The van der Waals surface area contributed by atoms with Crippen molar-refractivity contribution >= 4 is 11.8 Å². The van der Waals surface area contributed by atoms with Gasteiger partial charge < -0.3 is 14.5 Å². The molecule has 0 radical (unpaired) electrons. The standard InChI is InChI=1S/C25H31N3O3/c1-19-15-26(16-20-6-4-3-5-7-20)12-13-28(19)25(30)22-14-24(29)27(18-22)17-21-8-10-23(31-2)11-9-21/h3-11,19,22H,12-18H2,1-2H3. The molecule has 2 atom stereocenters. The van der Waals surface area contributed by atoms with Gasteiger partial charge in [0, 0.05) is 51.7 Å². The number of carbonyl (C=O) groups is 2. The highest BCUT2D eigenvalue weighted by molar-refractivity contribution is 5.89. The van der Waals surface area contributed by atoms with Gasteiger partial charge in [0.1, 0.15) is 5.75 Å². The minimum absolute atomic E-state index is 0.0598. The SMILES string of the molecule is COc1ccc(CN2CC(C(=O)N3CCN(Cc4ccccc4)CC3C)CC2=O)cc1. The second-order valence-corrected chi connectivity index (χ2v) is 8.62. The van der Waals surface area contributed by atoms with E-state index >= 15 is 0 Å². The number of likely N-dealkylation sites (tertiary alicyclic amines) is 1. The Labute approximate surface area is 184 Å². The number of ether oxygens (including phenoxy) is 1. The van der Waals surface area contributed by atoms with Crippen molar-refractivity contribution < 1.29 is 14.3 Å². The number of hydrogen-bond acceptors (Lipinski definition) is 4. The van der Waals surface area contributed by atoms with Gasteiger partial charge in [-0.05, 0) is 30.2 Å². The molecule has 0 aromatic heterocycles. The van der Waals surface area contributed by atoms with E-state index in [-0.39, 0.29) is 23.8 Å². The largest absolute Gasteiger partial charge is 0.497 e. The number of methoxy groups -OCH3 is 1. The smallest absolute Gasteiger partial charge is 0.228 e. The van der Waals surface area contributed by atoms with Gasteiger partial charge in [-0.2, -0.15) is 0 Å². The predicted octanol–water partition coefficient (Wildman–Crippen LogP) is 2.78. The summed E-state index contributed by atoms with van der Waals surface area (Å²) in [6.45, 7) is 6.49. The monoisotopic (exact) mass is 421 g/mol. The van der Waals surface area contributed by atoms with Crippen molar-refractivity contribution in [3.8, 4) is 5.75 Å². The van der Waals surface area contributed by atoms with Gasteiger partial charge >= 0.3 is 0 Å². The van der Waals surface area contributed by atoms with Gasteiger partial charge in [0.05, 0.1) is 13.0 Å². The molecule has 31 heavy (non-hydrogen) atoms. The van der Waals surface area contributed by atoms with E-state index < -0.39 is 0 Å². The second-order valence-electron chi connectivity index (χ2n) is 8.62. The molecule has 2 aliphatic heterocycles. The van der Waals surface area contributed by atoms with E-state index in [4.69, 9.17) is 4.74 Å². The number of nitrogens with zero attached hydrogens (tertiary/aromatic N) is 3. The van der Waals surface area contributed by atoms with E-state index in [2.05, 4.69) is 36.1 Å². The summed E-state index contributed by atoms with van der Waals surface area (Å²) in [5, 5.41) is 0. The molecule has 0 bridgehead atoms. The zero-order valence-corrected chi connectivity index (χ0v) is 18.4. The second kappa shape index (κ2) is 9.52. The summed E-state index contributed by atoms with van der Waals surface area (Å²) in [5.41, 5.74) is 2.34. The van der Waals surface area contributed by atoms with Gasteiger partial charge in [-0.25, -0.2) is 0 Å². The Morgan fingerprint density at radius 3 is 2.35 bits per heavy atom. The molecule has 2 unspecified atom stereocenters. The number of carbonyl (C=O) groups excluding carboxylic acids is 2. The molecular weight excluding hydrogens is 390 g/mol. The fourth-order valence-corrected chi connectivity index (χ4v) is 4.62. The molecule has 0 spiro atoms. The van der Waals surface area contributed by atoms with Crippen molar-refractivity contribution in [1.82, 2.24) is 14.7 Å². The molecule has 2 aromatic carbocycles. The van der Waals surface area contributed by atoms with E-state index in [0.29, 0.717) is 19.5 Å². The summed E-state index contributed by atoms with van der Waals surface area (Å²) in [5.74, 6) is 0.737. The summed E-state index contributed by atoms with van der Waals surface area (Å²) in [6, 6.07) is 18.3. The Morgan fingerprint density at radius 2 is 1.68 bits per heavy atom. The fraction of sp³-hybridized carbons (Fsp3) is 0.440. The third-order valence-electron chi connectivity index (χ3n) is 6.34. The van der Waals surface area contributed by atoms with Gasteiger partial charge in [0.25, 0.3) is 0 Å². The first-order valence-electron chi connectivity index (χ1n) is 11.0. The molecule has 2 aromatic rings. The Bertz CT molecular complexity index is 900. The molecule has 0 aliphatic carbocycles. The molecule has 0 N–H and O–H groups in total. The Hall–Kier alpha value is -2.86. The highest BCUT2D eigenvalue weighted by Gasteiger charge is 2.38. The number of rotatable bonds is 6. The van der Waals surface area contributed by atoms with Gasteiger partial charge in [0.15, 0.2) is 0 Å². The van der Waals surface area contributed by atoms with Crippen molar-refractivity contribution in [3.63, 3.8) is 0 Å². The first kappa shape index (κ1) is 21.4. The number of hydrogen-bond donors (Lipinski definition) is 0. The Balaban J connectivity index is 1.31. The molecule has 2 saturated heterocycles. The average Bonchev–Trinajstić information content (AvgIpc) is 3.15. The summed E-state index contributed by atoms with van der Waals surface area (Å²) >= 11 is 0. The summed E-state index contributed by atoms with van der Waals surface area (Å²) in [4.78, 5) is 32.0. The summed E-state index contributed by atoms with van der Waals surface area (Å²) < 4.78 is 5.19. The molecule has 2 amide bonds. The van der Waals surface area contributed by atoms with Gasteiger partial charge in [-0.3, -0.25) is 14.5 Å². The van der Waals surface area contributed by atoms with Crippen LogP contribution in [-0.4, -0.2) is 65.8 Å². The Morgan fingerprint density at radius 1 is 0.968 bits per heavy atom.